The fourth-order valence-electron chi connectivity index (χ4n) is 2.04. The second kappa shape index (κ2) is 8.58. The van der Waals surface area contributed by atoms with Gasteiger partial charge in [-0.2, -0.15) is 0 Å². The van der Waals surface area contributed by atoms with Crippen molar-refractivity contribution >= 4 is 17.8 Å². The number of ether oxygens (including phenoxy) is 1. The van der Waals surface area contributed by atoms with Crippen molar-refractivity contribution in [2.24, 2.45) is 0 Å². The number of rotatable bonds is 7. The van der Waals surface area contributed by atoms with Gasteiger partial charge in [0.25, 0.3) is 5.91 Å². The number of amides is 1. The number of nitrogens with one attached hydrogen (secondary N) is 1. The summed E-state index contributed by atoms with van der Waals surface area (Å²) in [7, 11) is 0. The number of carbonyl (C=O) groups excluding carboxylic acids is 2. The van der Waals surface area contributed by atoms with Crippen LogP contribution in [0.15, 0.2) is 54.6 Å². The predicted octanol–water partition coefficient (Wildman–Crippen LogP) is 2.14. The van der Waals surface area contributed by atoms with Crippen LogP contribution in [0.4, 0.5) is 4.39 Å². The molecule has 0 heterocycles. The molecule has 0 radical (unpaired) electrons. The van der Waals surface area contributed by atoms with Gasteiger partial charge in [0.05, 0.1) is 6.42 Å². The normalized spacial score (nSPS) is 11.4. The van der Waals surface area contributed by atoms with Crippen molar-refractivity contribution in [3.8, 4) is 0 Å². The molecule has 25 heavy (non-hydrogen) atoms. The summed E-state index contributed by atoms with van der Waals surface area (Å²) in [6, 6.07) is 12.2. The Bertz CT molecular complexity index is 763. The number of aliphatic carboxylic acids is 1. The molecule has 1 atom stereocenters. The van der Waals surface area contributed by atoms with Gasteiger partial charge in [-0.15, -0.1) is 0 Å². The number of benzene rings is 2. The third-order valence-corrected chi connectivity index (χ3v) is 3.30. The second-order valence-electron chi connectivity index (χ2n) is 5.23. The Kier molecular flexibility index (Phi) is 6.22. The molecule has 0 aromatic heterocycles. The van der Waals surface area contributed by atoms with Gasteiger partial charge in [-0.1, -0.05) is 36.4 Å². The number of hydrogen-bond donors (Lipinski definition) is 2. The van der Waals surface area contributed by atoms with Gasteiger partial charge in [0.15, 0.2) is 0 Å². The number of esters is 1. The highest BCUT2D eigenvalue weighted by Gasteiger charge is 2.24. The first kappa shape index (κ1) is 18.1. The molecule has 0 fully saturated rings. The van der Waals surface area contributed by atoms with Gasteiger partial charge in [-0.3, -0.25) is 9.59 Å². The van der Waals surface area contributed by atoms with Crippen molar-refractivity contribution in [3.05, 3.63) is 71.5 Å². The zero-order chi connectivity index (χ0) is 18.2. The molecule has 2 rings (SSSR count). The van der Waals surface area contributed by atoms with Crippen LogP contribution in [0, 0.1) is 5.82 Å². The minimum Gasteiger partial charge on any atom is -0.480 e. The first-order chi connectivity index (χ1) is 12.0. The van der Waals surface area contributed by atoms with E-state index in [4.69, 9.17) is 9.84 Å². The molecule has 2 aromatic carbocycles. The van der Waals surface area contributed by atoms with Crippen molar-refractivity contribution in [3.63, 3.8) is 0 Å². The third kappa shape index (κ3) is 5.72. The summed E-state index contributed by atoms with van der Waals surface area (Å²) in [4.78, 5) is 35.0. The summed E-state index contributed by atoms with van der Waals surface area (Å²) in [5.41, 5.74) is 0.718. The van der Waals surface area contributed by atoms with Crippen molar-refractivity contribution in [1.82, 2.24) is 5.32 Å². The number of carbonyl (C=O) groups is 3. The highest BCUT2D eigenvalue weighted by Crippen LogP contribution is 2.06. The Labute approximate surface area is 143 Å². The van der Waals surface area contributed by atoms with Gasteiger partial charge in [0, 0.05) is 5.56 Å². The van der Waals surface area contributed by atoms with Crippen LogP contribution in [-0.2, 0) is 20.9 Å². The minimum absolute atomic E-state index is 0.00382. The molecule has 130 valence electrons. The van der Waals surface area contributed by atoms with Gasteiger partial charge in [0.1, 0.15) is 18.5 Å². The van der Waals surface area contributed by atoms with Crippen LogP contribution in [0.25, 0.3) is 0 Å². The van der Waals surface area contributed by atoms with Crippen LogP contribution < -0.4 is 5.32 Å². The van der Waals surface area contributed by atoms with Gasteiger partial charge in [-0.25, -0.2) is 9.18 Å². The largest absolute Gasteiger partial charge is 0.480 e. The molecule has 1 amide bonds. The summed E-state index contributed by atoms with van der Waals surface area (Å²) in [5.74, 6) is -3.57. The standard InChI is InChI=1S/C18H16FNO5/c19-14-8-4-7-13(9-14)17(22)20-15(18(23)24)10-16(21)25-11-12-5-2-1-3-6-12/h1-9,15H,10-11H2,(H,20,22)(H,23,24)/t15-/m1/s1. The van der Waals surface area contributed by atoms with E-state index in [1.165, 1.54) is 12.1 Å². The SMILES string of the molecule is O=C(C[C@@H](NC(=O)c1cccc(F)c1)C(=O)O)OCc1ccccc1. The van der Waals surface area contributed by atoms with Crippen LogP contribution in [0.1, 0.15) is 22.3 Å². The maximum absolute atomic E-state index is 13.1. The Balaban J connectivity index is 1.92. The monoisotopic (exact) mass is 345 g/mol. The Hall–Kier alpha value is -3.22. The highest BCUT2D eigenvalue weighted by molar-refractivity contribution is 5.97. The van der Waals surface area contributed by atoms with E-state index in [1.807, 2.05) is 6.07 Å². The summed E-state index contributed by atoms with van der Waals surface area (Å²) in [6.45, 7) is 0.00382. The zero-order valence-electron chi connectivity index (χ0n) is 13.1. The Morgan fingerprint density at radius 3 is 2.44 bits per heavy atom. The molecule has 0 spiro atoms. The lowest BCUT2D eigenvalue weighted by Gasteiger charge is -2.14. The molecule has 0 unspecified atom stereocenters. The topological polar surface area (TPSA) is 92.7 Å². The Morgan fingerprint density at radius 1 is 1.08 bits per heavy atom. The molecule has 2 N–H and O–H groups in total. The average Bonchev–Trinajstić information content (AvgIpc) is 2.60. The molecule has 0 aliphatic heterocycles. The van der Waals surface area contributed by atoms with E-state index in [0.717, 1.165) is 17.7 Å². The van der Waals surface area contributed by atoms with E-state index in [9.17, 15) is 18.8 Å². The number of halogens is 1. The molecule has 0 saturated heterocycles. The minimum atomic E-state index is -1.47. The number of carboxylic acid groups (broad SMARTS) is 1. The molecular weight excluding hydrogens is 329 g/mol. The quantitative estimate of drug-likeness (QED) is 0.750. The average molecular weight is 345 g/mol. The van der Waals surface area contributed by atoms with Crippen LogP contribution >= 0.6 is 0 Å². The maximum atomic E-state index is 13.1. The summed E-state index contributed by atoms with van der Waals surface area (Å²) in [5, 5.41) is 11.3. The molecule has 7 heteroatoms. The van der Waals surface area contributed by atoms with Crippen molar-refractivity contribution in [1.29, 1.82) is 0 Å². The lowest BCUT2D eigenvalue weighted by Crippen LogP contribution is -2.42. The summed E-state index contributed by atoms with van der Waals surface area (Å²) < 4.78 is 18.1. The molecule has 0 saturated carbocycles. The predicted molar refractivity (Wildman–Crippen MR) is 86.1 cm³/mol. The van der Waals surface area contributed by atoms with E-state index in [0.29, 0.717) is 0 Å². The molecule has 2 aromatic rings. The molecular formula is C18H16FNO5. The van der Waals surface area contributed by atoms with Crippen molar-refractivity contribution < 1.29 is 28.6 Å². The van der Waals surface area contributed by atoms with E-state index < -0.39 is 36.1 Å². The fourth-order valence-corrected chi connectivity index (χ4v) is 2.04. The number of carboxylic acids is 1. The first-order valence-electron chi connectivity index (χ1n) is 7.44. The van der Waals surface area contributed by atoms with E-state index in [2.05, 4.69) is 5.32 Å². The van der Waals surface area contributed by atoms with Crippen molar-refractivity contribution in [2.75, 3.05) is 0 Å². The van der Waals surface area contributed by atoms with E-state index in [-0.39, 0.29) is 12.2 Å². The fraction of sp³-hybridized carbons (Fsp3) is 0.167. The highest BCUT2D eigenvalue weighted by atomic mass is 19.1. The lowest BCUT2D eigenvalue weighted by molar-refractivity contribution is -0.150. The van der Waals surface area contributed by atoms with Crippen LogP contribution in [0.3, 0.4) is 0 Å². The lowest BCUT2D eigenvalue weighted by atomic mass is 10.1. The Morgan fingerprint density at radius 2 is 1.80 bits per heavy atom. The van der Waals surface area contributed by atoms with Gasteiger partial charge >= 0.3 is 11.9 Å². The van der Waals surface area contributed by atoms with Crippen LogP contribution in [0.2, 0.25) is 0 Å². The molecule has 0 aliphatic carbocycles. The van der Waals surface area contributed by atoms with Gasteiger partial charge in [0.2, 0.25) is 0 Å². The van der Waals surface area contributed by atoms with Crippen LogP contribution in [-0.4, -0.2) is 29.0 Å². The van der Waals surface area contributed by atoms with E-state index >= 15 is 0 Å². The van der Waals surface area contributed by atoms with Crippen LogP contribution in [0.5, 0.6) is 0 Å². The molecule has 6 nitrogen and oxygen atoms in total. The molecule has 0 bridgehead atoms. The van der Waals surface area contributed by atoms with Gasteiger partial charge < -0.3 is 15.2 Å². The number of hydrogen-bond acceptors (Lipinski definition) is 4. The van der Waals surface area contributed by atoms with E-state index in [1.54, 1.807) is 24.3 Å². The molecule has 0 aliphatic rings. The summed E-state index contributed by atoms with van der Waals surface area (Å²) in [6.07, 6.45) is -0.538. The van der Waals surface area contributed by atoms with Crippen molar-refractivity contribution in [2.45, 2.75) is 19.1 Å². The van der Waals surface area contributed by atoms with Gasteiger partial charge in [-0.05, 0) is 23.8 Å². The zero-order valence-corrected chi connectivity index (χ0v) is 13.1. The summed E-state index contributed by atoms with van der Waals surface area (Å²) >= 11 is 0. The third-order valence-electron chi connectivity index (χ3n) is 3.30. The maximum Gasteiger partial charge on any atom is 0.326 e. The smallest absolute Gasteiger partial charge is 0.326 e. The first-order valence-corrected chi connectivity index (χ1v) is 7.44. The second-order valence-corrected chi connectivity index (χ2v) is 5.23.